The molecule has 1 aromatic heterocycles. The summed E-state index contributed by atoms with van der Waals surface area (Å²) in [5, 5.41) is 15.2. The fraction of sp³-hybridized carbons (Fsp3) is 0.304. The Bertz CT molecular complexity index is 1000. The summed E-state index contributed by atoms with van der Waals surface area (Å²) >= 11 is 0. The van der Waals surface area contributed by atoms with E-state index in [1.54, 1.807) is 23.0 Å². The Morgan fingerprint density at radius 1 is 1.04 bits per heavy atom. The maximum Gasteiger partial charge on any atom is 0.274 e. The number of phenols is 1. The van der Waals surface area contributed by atoms with Crippen molar-refractivity contribution in [3.8, 4) is 5.75 Å². The van der Waals surface area contributed by atoms with E-state index in [1.807, 2.05) is 42.5 Å². The lowest BCUT2D eigenvalue weighted by atomic mass is 10.1. The van der Waals surface area contributed by atoms with Crippen LogP contribution in [0.25, 0.3) is 22.9 Å². The van der Waals surface area contributed by atoms with Crippen molar-refractivity contribution < 1.29 is 5.11 Å². The molecule has 0 saturated heterocycles. The van der Waals surface area contributed by atoms with Crippen molar-refractivity contribution in [3.05, 3.63) is 70.1 Å². The maximum absolute atomic E-state index is 12.7. The van der Waals surface area contributed by atoms with Gasteiger partial charge in [-0.2, -0.15) is 5.10 Å². The van der Waals surface area contributed by atoms with E-state index >= 15 is 0 Å². The second kappa shape index (κ2) is 9.33. The molecule has 0 spiro atoms. The van der Waals surface area contributed by atoms with Crippen LogP contribution in [0.4, 0.5) is 0 Å². The highest BCUT2D eigenvalue weighted by molar-refractivity contribution is 5.84. The maximum atomic E-state index is 12.7. The predicted molar refractivity (Wildman–Crippen MR) is 115 cm³/mol. The van der Waals surface area contributed by atoms with Crippen LogP contribution >= 0.6 is 0 Å². The summed E-state index contributed by atoms with van der Waals surface area (Å²) in [5.41, 5.74) is 1.96. The molecular formula is C23H27N3O2. The largest absolute Gasteiger partial charge is 0.508 e. The van der Waals surface area contributed by atoms with Crippen LogP contribution in [-0.4, -0.2) is 39.4 Å². The van der Waals surface area contributed by atoms with Crippen LogP contribution in [0.5, 0.6) is 5.75 Å². The Kier molecular flexibility index (Phi) is 6.61. The van der Waals surface area contributed by atoms with Crippen LogP contribution in [0.15, 0.2) is 53.5 Å². The summed E-state index contributed by atoms with van der Waals surface area (Å²) in [4.78, 5) is 15.1. The summed E-state index contributed by atoms with van der Waals surface area (Å²) in [6, 6.07) is 12.8. The van der Waals surface area contributed by atoms with Crippen molar-refractivity contribution >= 4 is 22.9 Å². The molecule has 0 aliphatic rings. The number of benzene rings is 2. The standard InChI is InChI=1S/C23H27N3O2/c1-3-25(4-2)14-5-15-26-23(28)22-13-10-19(16-20(22)17-24-26)7-6-18-8-11-21(27)12-9-18/h6-13,16-17,27H,3-5,14-15H2,1-2H3. The van der Waals surface area contributed by atoms with Crippen molar-refractivity contribution in [2.24, 2.45) is 0 Å². The topological polar surface area (TPSA) is 58.4 Å². The zero-order valence-electron chi connectivity index (χ0n) is 16.5. The van der Waals surface area contributed by atoms with E-state index in [-0.39, 0.29) is 11.3 Å². The van der Waals surface area contributed by atoms with Gasteiger partial charge in [-0.25, -0.2) is 4.68 Å². The van der Waals surface area contributed by atoms with Gasteiger partial charge in [0, 0.05) is 11.9 Å². The molecule has 0 bridgehead atoms. The molecule has 28 heavy (non-hydrogen) atoms. The number of phenolic OH excluding ortho intramolecular Hbond substituents is 1. The number of fused-ring (bicyclic) bond motifs is 1. The second-order valence-corrected chi connectivity index (χ2v) is 6.82. The van der Waals surface area contributed by atoms with Crippen molar-refractivity contribution in [3.63, 3.8) is 0 Å². The minimum absolute atomic E-state index is 0.0360. The Morgan fingerprint density at radius 2 is 1.71 bits per heavy atom. The van der Waals surface area contributed by atoms with E-state index in [1.165, 1.54) is 0 Å². The van der Waals surface area contributed by atoms with Gasteiger partial charge in [-0.15, -0.1) is 0 Å². The van der Waals surface area contributed by atoms with Crippen LogP contribution in [0.3, 0.4) is 0 Å². The zero-order valence-corrected chi connectivity index (χ0v) is 16.5. The SMILES string of the molecule is CCN(CC)CCCn1ncc2cc(C=Cc3ccc(O)cc3)ccc2c1=O. The number of hydrogen-bond acceptors (Lipinski definition) is 4. The first-order valence-electron chi connectivity index (χ1n) is 9.80. The molecule has 0 unspecified atom stereocenters. The lowest BCUT2D eigenvalue weighted by Gasteiger charge is -2.17. The summed E-state index contributed by atoms with van der Waals surface area (Å²) in [5.74, 6) is 0.252. The Morgan fingerprint density at radius 3 is 2.43 bits per heavy atom. The Labute approximate surface area is 165 Å². The van der Waals surface area contributed by atoms with Gasteiger partial charge in [0.1, 0.15) is 5.75 Å². The van der Waals surface area contributed by atoms with Crippen molar-refractivity contribution in [1.82, 2.24) is 14.7 Å². The molecule has 146 valence electrons. The lowest BCUT2D eigenvalue weighted by Crippen LogP contribution is -2.28. The summed E-state index contributed by atoms with van der Waals surface area (Å²) in [6.07, 6.45) is 6.64. The number of rotatable bonds is 8. The van der Waals surface area contributed by atoms with Crippen LogP contribution in [0, 0.1) is 0 Å². The molecule has 0 aliphatic carbocycles. The van der Waals surface area contributed by atoms with Gasteiger partial charge in [-0.1, -0.05) is 44.2 Å². The predicted octanol–water partition coefficient (Wildman–Crippen LogP) is 4.00. The lowest BCUT2D eigenvalue weighted by molar-refractivity contribution is 0.290. The van der Waals surface area contributed by atoms with E-state index in [9.17, 15) is 9.90 Å². The molecule has 3 rings (SSSR count). The van der Waals surface area contributed by atoms with Gasteiger partial charge >= 0.3 is 0 Å². The molecule has 1 N–H and O–H groups in total. The highest BCUT2D eigenvalue weighted by Gasteiger charge is 2.06. The minimum atomic E-state index is -0.0360. The molecule has 0 radical (unpaired) electrons. The van der Waals surface area contributed by atoms with E-state index in [2.05, 4.69) is 23.8 Å². The van der Waals surface area contributed by atoms with E-state index in [0.29, 0.717) is 11.9 Å². The highest BCUT2D eigenvalue weighted by Crippen LogP contribution is 2.16. The van der Waals surface area contributed by atoms with Gasteiger partial charge in [-0.05, 0) is 61.4 Å². The molecular weight excluding hydrogens is 350 g/mol. The third-order valence-electron chi connectivity index (χ3n) is 4.98. The van der Waals surface area contributed by atoms with Gasteiger partial charge in [-0.3, -0.25) is 4.79 Å². The monoisotopic (exact) mass is 377 g/mol. The molecule has 5 nitrogen and oxygen atoms in total. The summed E-state index contributed by atoms with van der Waals surface area (Å²) in [7, 11) is 0. The molecule has 0 fully saturated rings. The van der Waals surface area contributed by atoms with Crippen LogP contribution in [0.2, 0.25) is 0 Å². The smallest absolute Gasteiger partial charge is 0.274 e. The molecule has 5 heteroatoms. The van der Waals surface area contributed by atoms with Gasteiger partial charge < -0.3 is 10.0 Å². The molecule has 0 atom stereocenters. The normalized spacial score (nSPS) is 11.7. The van der Waals surface area contributed by atoms with Gasteiger partial charge in [0.25, 0.3) is 5.56 Å². The molecule has 0 aliphatic heterocycles. The number of aromatic nitrogens is 2. The Balaban J connectivity index is 1.74. The van der Waals surface area contributed by atoms with Crippen LogP contribution in [-0.2, 0) is 6.54 Å². The number of aromatic hydroxyl groups is 1. The quantitative estimate of drug-likeness (QED) is 0.603. The highest BCUT2D eigenvalue weighted by atomic mass is 16.3. The fourth-order valence-electron chi connectivity index (χ4n) is 3.23. The summed E-state index contributed by atoms with van der Waals surface area (Å²) < 4.78 is 1.57. The minimum Gasteiger partial charge on any atom is -0.508 e. The third-order valence-corrected chi connectivity index (χ3v) is 4.98. The van der Waals surface area contributed by atoms with Crippen LogP contribution in [0.1, 0.15) is 31.4 Å². The van der Waals surface area contributed by atoms with Crippen molar-refractivity contribution in [2.45, 2.75) is 26.8 Å². The van der Waals surface area contributed by atoms with E-state index in [4.69, 9.17) is 0 Å². The number of hydrogen-bond donors (Lipinski definition) is 1. The van der Waals surface area contributed by atoms with Gasteiger partial charge in [0.2, 0.25) is 0 Å². The zero-order chi connectivity index (χ0) is 19.9. The molecule has 2 aromatic carbocycles. The Hall–Kier alpha value is -2.92. The summed E-state index contributed by atoms with van der Waals surface area (Å²) in [6.45, 7) is 7.96. The van der Waals surface area contributed by atoms with E-state index in [0.717, 1.165) is 42.6 Å². The van der Waals surface area contributed by atoms with Gasteiger partial charge in [0.05, 0.1) is 11.6 Å². The van der Waals surface area contributed by atoms with E-state index < -0.39 is 0 Å². The first kappa shape index (κ1) is 19.8. The van der Waals surface area contributed by atoms with Crippen LogP contribution < -0.4 is 5.56 Å². The first-order valence-corrected chi connectivity index (χ1v) is 9.80. The van der Waals surface area contributed by atoms with Crippen molar-refractivity contribution in [1.29, 1.82) is 0 Å². The molecule has 3 aromatic rings. The third kappa shape index (κ3) is 4.87. The number of nitrogens with zero attached hydrogens (tertiary/aromatic N) is 3. The average Bonchev–Trinajstić information content (AvgIpc) is 2.72. The fourth-order valence-corrected chi connectivity index (χ4v) is 3.23. The van der Waals surface area contributed by atoms with Gasteiger partial charge in [0.15, 0.2) is 0 Å². The molecule has 1 heterocycles. The van der Waals surface area contributed by atoms with Crippen molar-refractivity contribution in [2.75, 3.05) is 19.6 Å². The second-order valence-electron chi connectivity index (χ2n) is 6.82. The first-order chi connectivity index (χ1) is 13.6. The average molecular weight is 377 g/mol. The molecule has 0 saturated carbocycles. The number of aryl methyl sites for hydroxylation is 1. The molecule has 0 amide bonds.